The van der Waals surface area contributed by atoms with Crippen molar-refractivity contribution in [2.45, 2.75) is 0 Å². The highest BCUT2D eigenvalue weighted by molar-refractivity contribution is 6.30. The Hall–Kier alpha value is -3.19. The van der Waals surface area contributed by atoms with Crippen LogP contribution in [0.25, 0.3) is 6.08 Å². The molecule has 0 heterocycles. The molecule has 0 saturated carbocycles. The lowest BCUT2D eigenvalue weighted by Crippen LogP contribution is -2.27. The van der Waals surface area contributed by atoms with Crippen LogP contribution in [0.1, 0.15) is 15.9 Å². The number of carbonyl (C=O) groups is 2. The van der Waals surface area contributed by atoms with Gasteiger partial charge in [-0.15, -0.1) is 0 Å². The van der Waals surface area contributed by atoms with E-state index in [1.54, 1.807) is 0 Å². The van der Waals surface area contributed by atoms with Crippen LogP contribution in [-0.2, 0) is 4.79 Å². The molecule has 0 radical (unpaired) electrons. The fourth-order valence-corrected chi connectivity index (χ4v) is 1.97. The van der Waals surface area contributed by atoms with E-state index in [0.29, 0.717) is 5.02 Å². The zero-order chi connectivity index (χ0) is 17.7. The number of aliphatic carboxylic acids is 1. The smallest absolute Gasteiger partial charge is 0.352 e. The van der Waals surface area contributed by atoms with E-state index in [0.717, 1.165) is 6.08 Å². The molecule has 0 saturated heterocycles. The lowest BCUT2D eigenvalue weighted by atomic mass is 10.1. The monoisotopic (exact) mass is 346 g/mol. The third kappa shape index (κ3) is 4.40. The van der Waals surface area contributed by atoms with Crippen molar-refractivity contribution in [2.24, 2.45) is 0 Å². The predicted molar refractivity (Wildman–Crippen MR) is 87.6 cm³/mol. The maximum atomic E-state index is 12.1. The third-order valence-electron chi connectivity index (χ3n) is 2.98. The van der Waals surface area contributed by atoms with E-state index < -0.39 is 22.5 Å². The zero-order valence-electron chi connectivity index (χ0n) is 12.1. The summed E-state index contributed by atoms with van der Waals surface area (Å²) in [4.78, 5) is 33.5. The molecule has 0 unspecified atom stereocenters. The summed E-state index contributed by atoms with van der Waals surface area (Å²) in [6.45, 7) is 0. The van der Waals surface area contributed by atoms with Crippen molar-refractivity contribution in [2.75, 3.05) is 0 Å². The van der Waals surface area contributed by atoms with Crippen molar-refractivity contribution >= 4 is 35.2 Å². The molecule has 2 aromatic rings. The molecule has 0 aliphatic carbocycles. The second kappa shape index (κ2) is 7.38. The van der Waals surface area contributed by atoms with Gasteiger partial charge in [-0.1, -0.05) is 23.7 Å². The summed E-state index contributed by atoms with van der Waals surface area (Å²) in [6, 6.07) is 11.3. The van der Waals surface area contributed by atoms with Gasteiger partial charge >= 0.3 is 5.97 Å². The van der Waals surface area contributed by atoms with Crippen LogP contribution in [0, 0.1) is 10.1 Å². The fraction of sp³-hybridized carbons (Fsp3) is 0. The van der Waals surface area contributed by atoms with Gasteiger partial charge < -0.3 is 10.4 Å². The van der Waals surface area contributed by atoms with E-state index in [1.807, 2.05) is 0 Å². The number of nitrogens with zero attached hydrogens (tertiary/aromatic N) is 1. The first-order chi connectivity index (χ1) is 11.4. The Morgan fingerprint density at radius 3 is 2.42 bits per heavy atom. The Labute approximate surface area is 141 Å². The van der Waals surface area contributed by atoms with Gasteiger partial charge in [0.1, 0.15) is 5.70 Å². The lowest BCUT2D eigenvalue weighted by Gasteiger charge is -2.06. The summed E-state index contributed by atoms with van der Waals surface area (Å²) in [7, 11) is 0. The van der Waals surface area contributed by atoms with Crippen molar-refractivity contribution in [3.8, 4) is 0 Å². The summed E-state index contributed by atoms with van der Waals surface area (Å²) in [6.07, 6.45) is 1.14. The number of carbonyl (C=O) groups excluding carboxylic acids is 1. The van der Waals surface area contributed by atoms with E-state index in [9.17, 15) is 24.8 Å². The van der Waals surface area contributed by atoms with Gasteiger partial charge in [0.05, 0.1) is 4.92 Å². The van der Waals surface area contributed by atoms with Crippen LogP contribution in [0.4, 0.5) is 5.69 Å². The number of nitro groups is 1. The highest BCUT2D eigenvalue weighted by Gasteiger charge is 2.14. The minimum absolute atomic E-state index is 0.183. The molecule has 0 bridgehead atoms. The maximum absolute atomic E-state index is 12.1. The van der Waals surface area contributed by atoms with Crippen molar-refractivity contribution in [1.29, 1.82) is 0 Å². The molecule has 2 aromatic carbocycles. The number of hydrogen-bond donors (Lipinski definition) is 2. The molecule has 0 aliphatic rings. The van der Waals surface area contributed by atoms with Gasteiger partial charge in [0, 0.05) is 22.7 Å². The van der Waals surface area contributed by atoms with Crippen molar-refractivity contribution < 1.29 is 19.6 Å². The van der Waals surface area contributed by atoms with Crippen LogP contribution >= 0.6 is 11.6 Å². The molecule has 122 valence electrons. The Kier molecular flexibility index (Phi) is 5.28. The van der Waals surface area contributed by atoms with Crippen LogP contribution in [0.5, 0.6) is 0 Å². The Morgan fingerprint density at radius 2 is 1.83 bits per heavy atom. The first kappa shape index (κ1) is 17.2. The number of carboxylic acid groups (broad SMARTS) is 1. The minimum atomic E-state index is -1.37. The van der Waals surface area contributed by atoms with Gasteiger partial charge in [-0.3, -0.25) is 14.9 Å². The summed E-state index contributed by atoms with van der Waals surface area (Å²) < 4.78 is 0. The highest BCUT2D eigenvalue weighted by Crippen LogP contribution is 2.16. The quantitative estimate of drug-likeness (QED) is 0.491. The Bertz CT molecular complexity index is 831. The molecule has 2 rings (SSSR count). The summed E-state index contributed by atoms with van der Waals surface area (Å²) in [5, 5.41) is 22.7. The number of halogens is 1. The largest absolute Gasteiger partial charge is 0.477 e. The fourth-order valence-electron chi connectivity index (χ4n) is 1.84. The number of benzene rings is 2. The standard InChI is InChI=1S/C16H11ClN2O5/c17-12-6-4-11(5-7-12)15(20)18-14(16(21)22)9-10-2-1-3-13(8-10)19(23)24/h1-9H,(H,18,20)(H,21,22)/b14-9+. The van der Waals surface area contributed by atoms with Crippen LogP contribution in [0.3, 0.4) is 0 Å². The van der Waals surface area contributed by atoms with Gasteiger partial charge in [-0.2, -0.15) is 0 Å². The molecule has 24 heavy (non-hydrogen) atoms. The second-order valence-corrected chi connectivity index (χ2v) is 5.11. The normalized spacial score (nSPS) is 11.0. The molecule has 1 amide bonds. The Balaban J connectivity index is 2.27. The van der Waals surface area contributed by atoms with Gasteiger partial charge in [-0.25, -0.2) is 4.79 Å². The van der Waals surface area contributed by atoms with Gasteiger partial charge in [-0.05, 0) is 35.9 Å². The van der Waals surface area contributed by atoms with E-state index >= 15 is 0 Å². The number of nitro benzene ring substituents is 1. The van der Waals surface area contributed by atoms with Crippen LogP contribution < -0.4 is 5.32 Å². The van der Waals surface area contributed by atoms with Crippen molar-refractivity contribution in [3.63, 3.8) is 0 Å². The Morgan fingerprint density at radius 1 is 1.17 bits per heavy atom. The van der Waals surface area contributed by atoms with E-state index in [-0.39, 0.29) is 16.8 Å². The van der Waals surface area contributed by atoms with Gasteiger partial charge in [0.25, 0.3) is 11.6 Å². The van der Waals surface area contributed by atoms with Crippen LogP contribution in [0.15, 0.2) is 54.2 Å². The van der Waals surface area contributed by atoms with Gasteiger partial charge in [0.2, 0.25) is 0 Å². The number of rotatable bonds is 5. The molecule has 0 atom stereocenters. The maximum Gasteiger partial charge on any atom is 0.352 e. The number of hydrogen-bond acceptors (Lipinski definition) is 4. The third-order valence-corrected chi connectivity index (χ3v) is 3.23. The summed E-state index contributed by atoms with van der Waals surface area (Å²) in [5.74, 6) is -2.01. The number of nitrogens with one attached hydrogen (secondary N) is 1. The van der Waals surface area contributed by atoms with Crippen LogP contribution in [0.2, 0.25) is 5.02 Å². The zero-order valence-corrected chi connectivity index (χ0v) is 12.9. The molecule has 7 nitrogen and oxygen atoms in total. The first-order valence-corrected chi connectivity index (χ1v) is 7.01. The average molecular weight is 347 g/mol. The molecular formula is C16H11ClN2O5. The number of carboxylic acids is 1. The predicted octanol–water partition coefficient (Wildman–Crippen LogP) is 3.10. The molecule has 0 spiro atoms. The van der Waals surface area contributed by atoms with E-state index in [1.165, 1.54) is 48.5 Å². The lowest BCUT2D eigenvalue weighted by molar-refractivity contribution is -0.384. The average Bonchev–Trinajstić information content (AvgIpc) is 2.55. The molecule has 0 fully saturated rings. The molecular weight excluding hydrogens is 336 g/mol. The van der Waals surface area contributed by atoms with Crippen LogP contribution in [-0.4, -0.2) is 21.9 Å². The van der Waals surface area contributed by atoms with Gasteiger partial charge in [0.15, 0.2) is 0 Å². The molecule has 0 aliphatic heterocycles. The minimum Gasteiger partial charge on any atom is -0.477 e. The highest BCUT2D eigenvalue weighted by atomic mass is 35.5. The topological polar surface area (TPSA) is 110 Å². The molecule has 8 heteroatoms. The molecule has 2 N–H and O–H groups in total. The summed E-state index contributed by atoms with van der Waals surface area (Å²) >= 11 is 5.73. The van der Waals surface area contributed by atoms with Crippen molar-refractivity contribution in [1.82, 2.24) is 5.32 Å². The first-order valence-electron chi connectivity index (χ1n) is 6.63. The van der Waals surface area contributed by atoms with E-state index in [4.69, 9.17) is 11.6 Å². The number of amides is 1. The van der Waals surface area contributed by atoms with Crippen molar-refractivity contribution in [3.05, 3.63) is 80.5 Å². The molecule has 0 aromatic heterocycles. The van der Waals surface area contributed by atoms with E-state index in [2.05, 4.69) is 5.32 Å². The SMILES string of the molecule is O=C(O)/C(=C\c1cccc([N+](=O)[O-])c1)NC(=O)c1ccc(Cl)cc1. The second-order valence-electron chi connectivity index (χ2n) is 4.68. The number of non-ortho nitro benzene ring substituents is 1. The summed E-state index contributed by atoms with van der Waals surface area (Å²) in [5.41, 5.74) is -0.0865.